The Morgan fingerprint density at radius 1 is 1.42 bits per heavy atom. The number of allylic oxidation sites excluding steroid dienone is 1. The van der Waals surface area contributed by atoms with Crippen LogP contribution in [0.1, 0.15) is 12.0 Å². The van der Waals surface area contributed by atoms with Crippen LogP contribution in [0.3, 0.4) is 0 Å². The first-order valence-corrected chi connectivity index (χ1v) is 4.56. The predicted molar refractivity (Wildman–Crippen MR) is 52.8 cm³/mol. The van der Waals surface area contributed by atoms with E-state index < -0.39 is 0 Å². The highest BCUT2D eigenvalue weighted by Gasteiger charge is 1.99. The van der Waals surface area contributed by atoms with Gasteiger partial charge in [0.1, 0.15) is 5.82 Å². The molecular weight excluding hydrogens is 219 g/mol. The van der Waals surface area contributed by atoms with E-state index in [4.69, 9.17) is 0 Å². The van der Waals surface area contributed by atoms with Gasteiger partial charge in [-0.1, -0.05) is 40.7 Å². The quantitative estimate of drug-likeness (QED) is 0.741. The molecule has 0 aromatic heterocycles. The Hall–Kier alpha value is -0.630. The van der Waals surface area contributed by atoms with Crippen molar-refractivity contribution in [2.24, 2.45) is 0 Å². The number of halogens is 2. The van der Waals surface area contributed by atoms with Crippen molar-refractivity contribution in [3.05, 3.63) is 46.7 Å². The second-order valence-corrected chi connectivity index (χ2v) is 3.73. The highest BCUT2D eigenvalue weighted by molar-refractivity contribution is 9.11. The first-order chi connectivity index (χ1) is 5.70. The molecule has 0 saturated heterocycles. The van der Waals surface area contributed by atoms with Gasteiger partial charge in [-0.25, -0.2) is 4.39 Å². The van der Waals surface area contributed by atoms with Gasteiger partial charge in [-0.15, -0.1) is 0 Å². The van der Waals surface area contributed by atoms with Crippen molar-refractivity contribution < 1.29 is 4.39 Å². The van der Waals surface area contributed by atoms with Gasteiger partial charge in [-0.3, -0.25) is 0 Å². The molecule has 0 atom stereocenters. The molecule has 0 N–H and O–H groups in total. The van der Waals surface area contributed by atoms with Crippen LogP contribution in [0.25, 0.3) is 0 Å². The van der Waals surface area contributed by atoms with E-state index in [0.717, 1.165) is 16.5 Å². The molecule has 64 valence electrons. The molecular formula is C10H10BrF. The predicted octanol–water partition coefficient (Wildman–Crippen LogP) is 3.67. The lowest BCUT2D eigenvalue weighted by Gasteiger charge is -2.00. The lowest BCUT2D eigenvalue weighted by atomic mass is 10.1. The van der Waals surface area contributed by atoms with Crippen molar-refractivity contribution in [1.82, 2.24) is 0 Å². The van der Waals surface area contributed by atoms with Crippen LogP contribution >= 0.6 is 15.9 Å². The van der Waals surface area contributed by atoms with Crippen LogP contribution in [0.4, 0.5) is 4.39 Å². The van der Waals surface area contributed by atoms with Gasteiger partial charge in [-0.05, 0) is 29.0 Å². The summed E-state index contributed by atoms with van der Waals surface area (Å²) >= 11 is 3.24. The second kappa shape index (κ2) is 4.41. The molecule has 0 unspecified atom stereocenters. The summed E-state index contributed by atoms with van der Waals surface area (Å²) in [5, 5.41) is 0. The van der Waals surface area contributed by atoms with Gasteiger partial charge in [0.2, 0.25) is 0 Å². The topological polar surface area (TPSA) is 0 Å². The van der Waals surface area contributed by atoms with Gasteiger partial charge >= 0.3 is 0 Å². The number of hydrogen-bond acceptors (Lipinski definition) is 0. The zero-order chi connectivity index (χ0) is 8.97. The van der Waals surface area contributed by atoms with Gasteiger partial charge < -0.3 is 0 Å². The van der Waals surface area contributed by atoms with Crippen molar-refractivity contribution in [1.29, 1.82) is 0 Å². The molecule has 0 heterocycles. The van der Waals surface area contributed by atoms with Gasteiger partial charge in [0.05, 0.1) is 0 Å². The maximum absolute atomic E-state index is 13.0. The van der Waals surface area contributed by atoms with Gasteiger partial charge in [0.15, 0.2) is 0 Å². The van der Waals surface area contributed by atoms with Crippen molar-refractivity contribution in [2.45, 2.75) is 12.8 Å². The van der Waals surface area contributed by atoms with Crippen molar-refractivity contribution >= 4 is 15.9 Å². The molecule has 0 saturated carbocycles. The molecule has 0 fully saturated rings. The zero-order valence-corrected chi connectivity index (χ0v) is 8.27. The molecule has 1 aromatic carbocycles. The van der Waals surface area contributed by atoms with Crippen molar-refractivity contribution in [3.63, 3.8) is 0 Å². The summed E-state index contributed by atoms with van der Waals surface area (Å²) in [6.07, 6.45) is 1.48. The van der Waals surface area contributed by atoms with E-state index >= 15 is 0 Å². The lowest BCUT2D eigenvalue weighted by Crippen LogP contribution is -1.89. The Balaban J connectivity index is 2.63. The Labute approximate surface area is 80.2 Å². The molecule has 0 aliphatic carbocycles. The lowest BCUT2D eigenvalue weighted by molar-refractivity contribution is 0.609. The summed E-state index contributed by atoms with van der Waals surface area (Å²) in [7, 11) is 0. The van der Waals surface area contributed by atoms with E-state index in [1.54, 1.807) is 12.1 Å². The first kappa shape index (κ1) is 9.46. The van der Waals surface area contributed by atoms with Crippen LogP contribution in [0.15, 0.2) is 35.3 Å². The second-order valence-electron chi connectivity index (χ2n) is 2.61. The van der Waals surface area contributed by atoms with Crippen LogP contribution in [0, 0.1) is 5.82 Å². The smallest absolute Gasteiger partial charge is 0.126 e. The number of hydrogen-bond donors (Lipinski definition) is 0. The zero-order valence-electron chi connectivity index (χ0n) is 6.69. The van der Waals surface area contributed by atoms with Crippen LogP contribution < -0.4 is 0 Å². The molecule has 0 amide bonds. The number of rotatable bonds is 3. The maximum Gasteiger partial charge on any atom is 0.126 e. The van der Waals surface area contributed by atoms with Gasteiger partial charge in [0, 0.05) is 0 Å². The average molecular weight is 229 g/mol. The van der Waals surface area contributed by atoms with E-state index in [1.165, 1.54) is 6.07 Å². The summed E-state index contributed by atoms with van der Waals surface area (Å²) in [5.74, 6) is -0.133. The van der Waals surface area contributed by atoms with Crippen molar-refractivity contribution in [3.8, 4) is 0 Å². The molecule has 2 heteroatoms. The molecule has 1 rings (SSSR count). The summed E-state index contributed by atoms with van der Waals surface area (Å²) < 4.78 is 13.9. The normalized spacial score (nSPS) is 9.83. The van der Waals surface area contributed by atoms with E-state index in [0.29, 0.717) is 6.42 Å². The molecule has 0 nitrogen and oxygen atoms in total. The Kier molecular flexibility index (Phi) is 3.48. The summed E-state index contributed by atoms with van der Waals surface area (Å²) in [6.45, 7) is 3.69. The molecule has 0 spiro atoms. The first-order valence-electron chi connectivity index (χ1n) is 3.77. The standard InChI is InChI=1S/C10H10BrF/c1-8(11)6-7-9-4-2-3-5-10(9)12/h2-5H,1,6-7H2. The summed E-state index contributed by atoms with van der Waals surface area (Å²) in [5.41, 5.74) is 0.748. The van der Waals surface area contributed by atoms with Crippen LogP contribution in [-0.4, -0.2) is 0 Å². The molecule has 0 bridgehead atoms. The SMILES string of the molecule is C=C(Br)CCc1ccccc1F. The summed E-state index contributed by atoms with van der Waals surface area (Å²) in [4.78, 5) is 0. The molecule has 0 aliphatic rings. The van der Waals surface area contributed by atoms with E-state index in [-0.39, 0.29) is 5.82 Å². The van der Waals surface area contributed by atoms with E-state index in [1.807, 2.05) is 6.07 Å². The molecule has 0 aliphatic heterocycles. The minimum absolute atomic E-state index is 0.133. The largest absolute Gasteiger partial charge is 0.207 e. The average Bonchev–Trinajstić information content (AvgIpc) is 2.03. The molecule has 12 heavy (non-hydrogen) atoms. The highest BCUT2D eigenvalue weighted by Crippen LogP contribution is 2.14. The third-order valence-corrected chi connectivity index (χ3v) is 2.02. The molecule has 0 radical (unpaired) electrons. The van der Waals surface area contributed by atoms with Crippen LogP contribution in [0.5, 0.6) is 0 Å². The Bertz CT molecular complexity index is 281. The van der Waals surface area contributed by atoms with E-state index in [2.05, 4.69) is 22.5 Å². The third-order valence-electron chi connectivity index (χ3n) is 1.62. The minimum Gasteiger partial charge on any atom is -0.207 e. The number of benzene rings is 1. The Morgan fingerprint density at radius 3 is 2.67 bits per heavy atom. The monoisotopic (exact) mass is 228 g/mol. The van der Waals surface area contributed by atoms with Gasteiger partial charge in [-0.2, -0.15) is 0 Å². The third kappa shape index (κ3) is 2.78. The van der Waals surface area contributed by atoms with E-state index in [9.17, 15) is 4.39 Å². The number of aryl methyl sites for hydroxylation is 1. The Morgan fingerprint density at radius 2 is 2.08 bits per heavy atom. The fourth-order valence-electron chi connectivity index (χ4n) is 0.971. The summed E-state index contributed by atoms with van der Waals surface area (Å²) in [6, 6.07) is 6.81. The van der Waals surface area contributed by atoms with Crippen molar-refractivity contribution in [2.75, 3.05) is 0 Å². The maximum atomic E-state index is 13.0. The highest BCUT2D eigenvalue weighted by atomic mass is 79.9. The van der Waals surface area contributed by atoms with Crippen LogP contribution in [-0.2, 0) is 6.42 Å². The van der Waals surface area contributed by atoms with Gasteiger partial charge in [0.25, 0.3) is 0 Å². The molecule has 1 aromatic rings. The minimum atomic E-state index is -0.133. The fraction of sp³-hybridized carbons (Fsp3) is 0.200. The fourth-order valence-corrected chi connectivity index (χ4v) is 1.17. The van der Waals surface area contributed by atoms with Crippen LogP contribution in [0.2, 0.25) is 0 Å².